The second-order valence-corrected chi connectivity index (χ2v) is 7.18. The summed E-state index contributed by atoms with van der Waals surface area (Å²) in [6.45, 7) is 2.72. The van der Waals surface area contributed by atoms with Gasteiger partial charge in [-0.15, -0.1) is 0 Å². The molecule has 2 N–H and O–H groups in total. The summed E-state index contributed by atoms with van der Waals surface area (Å²) in [5.74, 6) is 0.329. The molecule has 30 heavy (non-hydrogen) atoms. The van der Waals surface area contributed by atoms with Crippen molar-refractivity contribution in [2.24, 2.45) is 0 Å². The van der Waals surface area contributed by atoms with Gasteiger partial charge in [0.2, 0.25) is 5.95 Å². The van der Waals surface area contributed by atoms with Crippen molar-refractivity contribution in [3.63, 3.8) is 0 Å². The number of rotatable bonds is 5. The molecular weight excluding hydrogens is 382 g/mol. The maximum Gasteiger partial charge on any atom is 0.253 e. The van der Waals surface area contributed by atoms with Gasteiger partial charge in [-0.1, -0.05) is 0 Å². The molecular formula is C21H21N7O2. The molecule has 1 aliphatic heterocycles. The van der Waals surface area contributed by atoms with E-state index in [4.69, 9.17) is 5.26 Å². The number of carbonyl (C=O) groups excluding carboxylic acids is 1. The fourth-order valence-corrected chi connectivity index (χ4v) is 3.26. The van der Waals surface area contributed by atoms with Crippen molar-refractivity contribution in [3.8, 4) is 17.3 Å². The van der Waals surface area contributed by atoms with Crippen LogP contribution in [0.4, 0.5) is 11.6 Å². The number of hydrogen-bond acceptors (Lipinski definition) is 7. The average Bonchev–Trinajstić information content (AvgIpc) is 3.43. The maximum atomic E-state index is 12.5. The van der Waals surface area contributed by atoms with Gasteiger partial charge in [-0.05, 0) is 43.7 Å². The van der Waals surface area contributed by atoms with Crippen LogP contribution in [0.15, 0.2) is 48.9 Å². The normalized spacial score (nSPS) is 16.8. The van der Waals surface area contributed by atoms with Crippen LogP contribution in [0.3, 0.4) is 0 Å². The first-order valence-electron chi connectivity index (χ1n) is 9.65. The molecule has 9 nitrogen and oxygen atoms in total. The van der Waals surface area contributed by atoms with Crippen molar-refractivity contribution in [3.05, 3.63) is 54.5 Å². The van der Waals surface area contributed by atoms with Gasteiger partial charge in [0, 0.05) is 42.3 Å². The van der Waals surface area contributed by atoms with Crippen LogP contribution in [0.1, 0.15) is 29.7 Å². The highest BCUT2D eigenvalue weighted by molar-refractivity contribution is 5.94. The zero-order valence-electron chi connectivity index (χ0n) is 16.4. The van der Waals surface area contributed by atoms with Gasteiger partial charge in [0.1, 0.15) is 6.04 Å². The number of nitrogens with one attached hydrogen (secondary N) is 1. The number of hydrogen-bond donors (Lipinski definition) is 2. The number of aliphatic hydroxyl groups is 1. The van der Waals surface area contributed by atoms with Gasteiger partial charge in [-0.25, -0.2) is 9.97 Å². The summed E-state index contributed by atoms with van der Waals surface area (Å²) >= 11 is 0. The van der Waals surface area contributed by atoms with E-state index < -0.39 is 6.10 Å². The van der Waals surface area contributed by atoms with Crippen LogP contribution in [0.2, 0.25) is 0 Å². The van der Waals surface area contributed by atoms with E-state index in [1.165, 1.54) is 0 Å². The van der Waals surface area contributed by atoms with Crippen LogP contribution in [0.25, 0.3) is 11.3 Å². The molecule has 1 amide bonds. The molecule has 1 aromatic carbocycles. The van der Waals surface area contributed by atoms with E-state index in [-0.39, 0.29) is 11.9 Å². The number of aliphatic hydroxyl groups excluding tert-OH is 1. The third-order valence-electron chi connectivity index (χ3n) is 4.98. The number of benzene rings is 1. The largest absolute Gasteiger partial charge is 0.391 e. The minimum atomic E-state index is -0.436. The minimum absolute atomic E-state index is 0.0834. The molecule has 0 saturated carbocycles. The fraction of sp³-hybridized carbons (Fsp3) is 0.286. The molecule has 0 bridgehead atoms. The molecule has 0 spiro atoms. The number of likely N-dealkylation sites (tertiary alicyclic amines) is 1. The van der Waals surface area contributed by atoms with E-state index in [2.05, 4.69) is 26.5 Å². The number of amides is 1. The number of nitriles is 1. The Morgan fingerprint density at radius 2 is 2.13 bits per heavy atom. The number of anilines is 2. The number of aromatic nitrogens is 4. The monoisotopic (exact) mass is 403 g/mol. The number of nitrogens with zero attached hydrogens (tertiary/aromatic N) is 6. The Labute approximate surface area is 173 Å². The van der Waals surface area contributed by atoms with Crippen LogP contribution in [0.5, 0.6) is 0 Å². The molecule has 1 saturated heterocycles. The predicted octanol–water partition coefficient (Wildman–Crippen LogP) is 2.38. The lowest BCUT2D eigenvalue weighted by Gasteiger charge is -2.15. The minimum Gasteiger partial charge on any atom is -0.391 e. The van der Waals surface area contributed by atoms with Crippen molar-refractivity contribution in [1.29, 1.82) is 5.26 Å². The molecule has 3 heterocycles. The molecule has 4 rings (SSSR count). The zero-order valence-corrected chi connectivity index (χ0v) is 16.4. The Bertz CT molecular complexity index is 1090. The molecule has 2 atom stereocenters. The lowest BCUT2D eigenvalue weighted by atomic mass is 10.2. The lowest BCUT2D eigenvalue weighted by Crippen LogP contribution is -2.29. The molecule has 152 valence electrons. The molecule has 2 aromatic heterocycles. The molecule has 1 fully saturated rings. The van der Waals surface area contributed by atoms with Gasteiger partial charge in [-0.3, -0.25) is 9.48 Å². The van der Waals surface area contributed by atoms with Crippen LogP contribution in [-0.2, 0) is 0 Å². The second kappa shape index (κ2) is 8.31. The highest BCUT2D eigenvalue weighted by atomic mass is 16.3. The molecule has 1 unspecified atom stereocenters. The van der Waals surface area contributed by atoms with E-state index in [1.807, 2.05) is 0 Å². The number of carbonyl (C=O) groups is 1. The van der Waals surface area contributed by atoms with E-state index in [0.717, 1.165) is 11.3 Å². The summed E-state index contributed by atoms with van der Waals surface area (Å²) < 4.78 is 1.58. The first-order chi connectivity index (χ1) is 14.5. The van der Waals surface area contributed by atoms with E-state index in [1.54, 1.807) is 65.4 Å². The van der Waals surface area contributed by atoms with Gasteiger partial charge in [0.05, 0.1) is 24.1 Å². The third-order valence-corrected chi connectivity index (χ3v) is 4.98. The van der Waals surface area contributed by atoms with Crippen molar-refractivity contribution < 1.29 is 9.90 Å². The standard InChI is InChI=1S/C21H21N7O2/c1-14(10-22)28-12-16(11-24-28)19-6-8-23-21(26-19)25-17-4-2-15(3-5-17)20(30)27-9-7-18(29)13-27/h2-6,8,11-12,14,18,29H,7,9,13H2,1H3,(H,23,25,26)/t14?,18-/m1/s1. The molecule has 1 aliphatic rings. The summed E-state index contributed by atoms with van der Waals surface area (Å²) in [5.41, 5.74) is 2.79. The van der Waals surface area contributed by atoms with Crippen LogP contribution >= 0.6 is 0 Å². The van der Waals surface area contributed by atoms with Crippen LogP contribution in [-0.4, -0.2) is 54.9 Å². The van der Waals surface area contributed by atoms with Gasteiger partial charge < -0.3 is 15.3 Å². The van der Waals surface area contributed by atoms with Crippen LogP contribution < -0.4 is 5.32 Å². The Kier molecular flexibility index (Phi) is 5.41. The molecule has 0 aliphatic carbocycles. The first-order valence-corrected chi connectivity index (χ1v) is 9.65. The van der Waals surface area contributed by atoms with Crippen molar-refractivity contribution in [2.75, 3.05) is 18.4 Å². The highest BCUT2D eigenvalue weighted by Gasteiger charge is 2.25. The van der Waals surface area contributed by atoms with Gasteiger partial charge in [0.25, 0.3) is 5.91 Å². The first kappa shape index (κ1) is 19.5. The van der Waals surface area contributed by atoms with E-state index in [9.17, 15) is 9.90 Å². The Morgan fingerprint density at radius 3 is 2.83 bits per heavy atom. The highest BCUT2D eigenvalue weighted by Crippen LogP contribution is 2.21. The quantitative estimate of drug-likeness (QED) is 0.671. The summed E-state index contributed by atoms with van der Waals surface area (Å²) in [7, 11) is 0. The van der Waals surface area contributed by atoms with E-state index >= 15 is 0 Å². The molecule has 9 heteroatoms. The summed E-state index contributed by atoms with van der Waals surface area (Å²) in [4.78, 5) is 22.9. The van der Waals surface area contributed by atoms with Gasteiger partial charge in [0.15, 0.2) is 0 Å². The fourth-order valence-electron chi connectivity index (χ4n) is 3.26. The third kappa shape index (κ3) is 4.14. The Morgan fingerprint density at radius 1 is 1.33 bits per heavy atom. The van der Waals surface area contributed by atoms with Crippen LogP contribution in [0, 0.1) is 11.3 Å². The Balaban J connectivity index is 1.46. The van der Waals surface area contributed by atoms with Gasteiger partial charge >= 0.3 is 0 Å². The van der Waals surface area contributed by atoms with Gasteiger partial charge in [-0.2, -0.15) is 10.4 Å². The summed E-state index contributed by atoms with van der Waals surface area (Å²) in [6.07, 6.45) is 5.26. The lowest BCUT2D eigenvalue weighted by molar-refractivity contribution is 0.0765. The maximum absolute atomic E-state index is 12.5. The topological polar surface area (TPSA) is 120 Å². The predicted molar refractivity (Wildman–Crippen MR) is 110 cm³/mol. The zero-order chi connectivity index (χ0) is 21.1. The van der Waals surface area contributed by atoms with Crippen molar-refractivity contribution in [1.82, 2.24) is 24.6 Å². The second-order valence-electron chi connectivity index (χ2n) is 7.18. The summed E-state index contributed by atoms with van der Waals surface area (Å²) in [6, 6.07) is 10.6. The van der Waals surface area contributed by atoms with Crippen molar-refractivity contribution in [2.45, 2.75) is 25.5 Å². The molecule has 0 radical (unpaired) electrons. The van der Waals surface area contributed by atoms with E-state index in [0.29, 0.717) is 36.7 Å². The Hall–Kier alpha value is -3.77. The molecule has 3 aromatic rings. The summed E-state index contributed by atoms with van der Waals surface area (Å²) in [5, 5.41) is 26.0. The van der Waals surface area contributed by atoms with Crippen molar-refractivity contribution >= 4 is 17.5 Å². The SMILES string of the molecule is CC(C#N)n1cc(-c2ccnc(Nc3ccc(C(=O)N4CC[C@@H](O)C4)cc3)n2)cn1. The number of β-amino-alcohol motifs (C(OH)–C–C–N with tert-alkyl or cyclic N) is 1. The smallest absolute Gasteiger partial charge is 0.253 e. The average molecular weight is 403 g/mol.